The first kappa shape index (κ1) is 12.9. The highest BCUT2D eigenvalue weighted by Crippen LogP contribution is 1.97. The van der Waals surface area contributed by atoms with Crippen LogP contribution in [0.2, 0.25) is 0 Å². The van der Waals surface area contributed by atoms with Crippen LogP contribution in [0.5, 0.6) is 0 Å². The Morgan fingerprint density at radius 1 is 1.31 bits per heavy atom. The molecule has 1 atom stereocenters. The van der Waals surface area contributed by atoms with E-state index < -0.39 is 0 Å². The second kappa shape index (κ2) is 8.48. The first-order chi connectivity index (χ1) is 6.20. The van der Waals surface area contributed by atoms with E-state index in [0.717, 1.165) is 25.8 Å². The zero-order valence-corrected chi connectivity index (χ0v) is 9.12. The second-order valence-electron chi connectivity index (χ2n) is 3.52. The van der Waals surface area contributed by atoms with Crippen LogP contribution < -0.4 is 0 Å². The van der Waals surface area contributed by atoms with Crippen LogP contribution in [0.4, 0.5) is 0 Å². The fourth-order valence-corrected chi connectivity index (χ4v) is 1.21. The van der Waals surface area contributed by atoms with Gasteiger partial charge in [-0.2, -0.15) is 0 Å². The van der Waals surface area contributed by atoms with Crippen molar-refractivity contribution in [2.24, 2.45) is 0 Å². The van der Waals surface area contributed by atoms with Gasteiger partial charge in [0.15, 0.2) is 0 Å². The minimum absolute atomic E-state index is 0.292. The number of aliphatic hydroxyl groups excluding tert-OH is 1. The third-order valence-electron chi connectivity index (χ3n) is 1.85. The molecule has 1 N–H and O–H groups in total. The third kappa shape index (κ3) is 8.22. The molecule has 0 aromatic rings. The van der Waals surface area contributed by atoms with Gasteiger partial charge in [0.1, 0.15) is 0 Å². The Morgan fingerprint density at radius 2 is 2.00 bits per heavy atom. The van der Waals surface area contributed by atoms with E-state index in [1.165, 1.54) is 0 Å². The molecule has 0 aliphatic carbocycles. The van der Waals surface area contributed by atoms with Gasteiger partial charge in [-0.3, -0.25) is 4.90 Å². The van der Waals surface area contributed by atoms with Crippen LogP contribution in [0.15, 0.2) is 0 Å². The molecular weight excluding hydrogens is 166 g/mol. The molecule has 0 saturated heterocycles. The molecule has 13 heavy (non-hydrogen) atoms. The molecule has 3 heteroatoms. The van der Waals surface area contributed by atoms with Gasteiger partial charge < -0.3 is 9.84 Å². The Balaban J connectivity index is 3.23. The standard InChI is InChI=1S/C10H23NO2/c1-4-6-10(12)8-13-9-11(3)7-5-2/h10,12H,4-9H2,1-3H3. The summed E-state index contributed by atoms with van der Waals surface area (Å²) in [4.78, 5) is 2.11. The molecule has 1 unspecified atom stereocenters. The lowest BCUT2D eigenvalue weighted by atomic mass is 10.2. The van der Waals surface area contributed by atoms with Crippen LogP contribution in [0.1, 0.15) is 33.1 Å². The summed E-state index contributed by atoms with van der Waals surface area (Å²) in [5, 5.41) is 9.35. The van der Waals surface area contributed by atoms with Crippen LogP contribution in [0.25, 0.3) is 0 Å². The predicted molar refractivity (Wildman–Crippen MR) is 54.7 cm³/mol. The maximum absolute atomic E-state index is 9.35. The molecule has 0 spiro atoms. The highest BCUT2D eigenvalue weighted by atomic mass is 16.5. The van der Waals surface area contributed by atoms with E-state index in [4.69, 9.17) is 4.74 Å². The van der Waals surface area contributed by atoms with Gasteiger partial charge in [-0.05, 0) is 26.4 Å². The zero-order chi connectivity index (χ0) is 10.1. The Bertz CT molecular complexity index is 97.1. The van der Waals surface area contributed by atoms with E-state index in [1.54, 1.807) is 0 Å². The van der Waals surface area contributed by atoms with E-state index in [2.05, 4.69) is 18.7 Å². The molecule has 0 rings (SSSR count). The molecule has 0 aliphatic heterocycles. The van der Waals surface area contributed by atoms with Crippen LogP contribution in [-0.2, 0) is 4.74 Å². The van der Waals surface area contributed by atoms with Crippen molar-refractivity contribution in [1.82, 2.24) is 4.90 Å². The molecule has 0 aromatic carbocycles. The van der Waals surface area contributed by atoms with Crippen molar-refractivity contribution in [3.05, 3.63) is 0 Å². The van der Waals surface area contributed by atoms with E-state index in [1.807, 2.05) is 7.05 Å². The predicted octanol–water partition coefficient (Wildman–Crippen LogP) is 1.46. The molecule has 0 aromatic heterocycles. The van der Waals surface area contributed by atoms with Gasteiger partial charge in [0, 0.05) is 0 Å². The third-order valence-corrected chi connectivity index (χ3v) is 1.85. The normalized spacial score (nSPS) is 13.6. The fraction of sp³-hybridized carbons (Fsp3) is 1.00. The van der Waals surface area contributed by atoms with Crippen molar-refractivity contribution in [2.75, 3.05) is 26.9 Å². The smallest absolute Gasteiger partial charge is 0.0989 e. The highest BCUT2D eigenvalue weighted by Gasteiger charge is 2.03. The zero-order valence-electron chi connectivity index (χ0n) is 9.12. The van der Waals surface area contributed by atoms with Crippen molar-refractivity contribution in [3.63, 3.8) is 0 Å². The summed E-state index contributed by atoms with van der Waals surface area (Å²) < 4.78 is 5.34. The van der Waals surface area contributed by atoms with Crippen LogP contribution in [-0.4, -0.2) is 43.0 Å². The highest BCUT2D eigenvalue weighted by molar-refractivity contribution is 4.51. The molecule has 0 bridgehead atoms. The van der Waals surface area contributed by atoms with E-state index in [9.17, 15) is 5.11 Å². The van der Waals surface area contributed by atoms with Crippen molar-refractivity contribution >= 4 is 0 Å². The number of hydrogen-bond donors (Lipinski definition) is 1. The average Bonchev–Trinajstić information content (AvgIpc) is 2.05. The van der Waals surface area contributed by atoms with Gasteiger partial charge >= 0.3 is 0 Å². The lowest BCUT2D eigenvalue weighted by Crippen LogP contribution is -2.25. The number of rotatable bonds is 8. The van der Waals surface area contributed by atoms with Gasteiger partial charge in [0.2, 0.25) is 0 Å². The molecule has 0 fully saturated rings. The quantitative estimate of drug-likeness (QED) is 0.587. The van der Waals surface area contributed by atoms with Crippen LogP contribution in [0.3, 0.4) is 0 Å². The number of hydrogen-bond acceptors (Lipinski definition) is 3. The summed E-state index contributed by atoms with van der Waals surface area (Å²) in [7, 11) is 2.02. The minimum atomic E-state index is -0.292. The molecule has 3 nitrogen and oxygen atoms in total. The molecule has 0 aliphatic rings. The lowest BCUT2D eigenvalue weighted by Gasteiger charge is -2.17. The SMILES string of the molecule is CCCC(O)COCN(C)CCC. The average molecular weight is 189 g/mol. The molecular formula is C10H23NO2. The maximum atomic E-state index is 9.35. The van der Waals surface area contributed by atoms with Gasteiger partial charge in [-0.1, -0.05) is 20.3 Å². The summed E-state index contributed by atoms with van der Waals surface area (Å²) in [6.07, 6.45) is 2.68. The summed E-state index contributed by atoms with van der Waals surface area (Å²) in [5.74, 6) is 0. The van der Waals surface area contributed by atoms with Gasteiger partial charge in [-0.25, -0.2) is 0 Å². The van der Waals surface area contributed by atoms with Crippen LogP contribution >= 0.6 is 0 Å². The summed E-state index contributed by atoms with van der Waals surface area (Å²) in [6.45, 7) is 6.33. The van der Waals surface area contributed by atoms with Gasteiger partial charge in [-0.15, -0.1) is 0 Å². The molecule has 0 heterocycles. The summed E-state index contributed by atoms with van der Waals surface area (Å²) in [6, 6.07) is 0. The lowest BCUT2D eigenvalue weighted by molar-refractivity contribution is -0.0125. The minimum Gasteiger partial charge on any atom is -0.391 e. The molecule has 0 amide bonds. The molecule has 0 saturated carbocycles. The van der Waals surface area contributed by atoms with Crippen LogP contribution in [0, 0.1) is 0 Å². The largest absolute Gasteiger partial charge is 0.391 e. The van der Waals surface area contributed by atoms with Crippen molar-refractivity contribution in [2.45, 2.75) is 39.2 Å². The Morgan fingerprint density at radius 3 is 2.54 bits per heavy atom. The fourth-order valence-electron chi connectivity index (χ4n) is 1.21. The number of nitrogens with zero attached hydrogens (tertiary/aromatic N) is 1. The van der Waals surface area contributed by atoms with Gasteiger partial charge in [0.25, 0.3) is 0 Å². The first-order valence-corrected chi connectivity index (χ1v) is 5.15. The molecule has 80 valence electrons. The number of ether oxygens (including phenoxy) is 1. The first-order valence-electron chi connectivity index (χ1n) is 5.15. The summed E-state index contributed by atoms with van der Waals surface area (Å²) >= 11 is 0. The second-order valence-corrected chi connectivity index (χ2v) is 3.52. The topological polar surface area (TPSA) is 32.7 Å². The monoisotopic (exact) mass is 189 g/mol. The Hall–Kier alpha value is -0.120. The van der Waals surface area contributed by atoms with Crippen molar-refractivity contribution in [1.29, 1.82) is 0 Å². The molecule has 0 radical (unpaired) electrons. The number of aliphatic hydroxyl groups is 1. The van der Waals surface area contributed by atoms with E-state index >= 15 is 0 Å². The summed E-state index contributed by atoms with van der Waals surface area (Å²) in [5.41, 5.74) is 0. The van der Waals surface area contributed by atoms with E-state index in [0.29, 0.717) is 13.3 Å². The van der Waals surface area contributed by atoms with Crippen molar-refractivity contribution < 1.29 is 9.84 Å². The Kier molecular flexibility index (Phi) is 8.40. The maximum Gasteiger partial charge on any atom is 0.0989 e. The van der Waals surface area contributed by atoms with E-state index in [-0.39, 0.29) is 6.10 Å². The van der Waals surface area contributed by atoms with Gasteiger partial charge in [0.05, 0.1) is 19.4 Å². The Labute approximate surface area is 81.7 Å². The van der Waals surface area contributed by atoms with Crippen molar-refractivity contribution in [3.8, 4) is 0 Å².